The Morgan fingerprint density at radius 3 is 3.05 bits per heavy atom. The van der Waals surface area contributed by atoms with E-state index in [9.17, 15) is 8.78 Å². The van der Waals surface area contributed by atoms with E-state index in [0.717, 1.165) is 0 Å². The van der Waals surface area contributed by atoms with Gasteiger partial charge in [-0.2, -0.15) is 5.10 Å². The number of aromatic amines is 1. The highest BCUT2D eigenvalue weighted by atomic mass is 35.5. The van der Waals surface area contributed by atoms with Gasteiger partial charge in [-0.15, -0.1) is 0 Å². The van der Waals surface area contributed by atoms with E-state index in [0.29, 0.717) is 21.9 Å². The van der Waals surface area contributed by atoms with Crippen LogP contribution in [-0.2, 0) is 0 Å². The van der Waals surface area contributed by atoms with E-state index in [1.165, 1.54) is 7.05 Å². The summed E-state index contributed by atoms with van der Waals surface area (Å²) < 4.78 is 27.5. The molecule has 1 aliphatic rings. The van der Waals surface area contributed by atoms with Crippen LogP contribution in [0.4, 0.5) is 14.6 Å². The molecule has 1 aliphatic heterocycles. The topological polar surface area (TPSA) is 56.8 Å². The van der Waals surface area contributed by atoms with Gasteiger partial charge in [-0.25, -0.2) is 13.8 Å². The summed E-state index contributed by atoms with van der Waals surface area (Å²) >= 11 is 5.78. The number of anilines is 1. The Hall–Kier alpha value is -1.47. The zero-order valence-electron chi connectivity index (χ0n) is 10.1. The molecule has 8 heteroatoms. The Balaban J connectivity index is 1.98. The van der Waals surface area contributed by atoms with Crippen molar-refractivity contribution in [3.05, 3.63) is 17.4 Å². The van der Waals surface area contributed by atoms with Crippen molar-refractivity contribution < 1.29 is 8.78 Å². The first kappa shape index (κ1) is 12.6. The Bertz CT molecular complexity index is 614. The lowest BCUT2D eigenvalue weighted by molar-refractivity contribution is 0.000331. The molecule has 1 atom stereocenters. The average Bonchev–Trinajstić information content (AvgIpc) is 2.88. The molecule has 102 valence electrons. The van der Waals surface area contributed by atoms with Crippen LogP contribution in [-0.4, -0.2) is 47.3 Å². The van der Waals surface area contributed by atoms with Crippen molar-refractivity contribution in [3.63, 3.8) is 0 Å². The lowest BCUT2D eigenvalue weighted by atomic mass is 10.2. The molecule has 0 amide bonds. The molecule has 0 aliphatic carbocycles. The molecule has 1 saturated heterocycles. The number of likely N-dealkylation sites (N-methyl/N-ethyl adjacent to an activating group) is 1. The quantitative estimate of drug-likeness (QED) is 0.825. The van der Waals surface area contributed by atoms with Gasteiger partial charge < -0.3 is 10.2 Å². The van der Waals surface area contributed by atoms with Crippen LogP contribution in [0.3, 0.4) is 0 Å². The van der Waals surface area contributed by atoms with Crippen molar-refractivity contribution in [1.82, 2.24) is 20.5 Å². The lowest BCUT2D eigenvalue weighted by Crippen LogP contribution is -2.41. The van der Waals surface area contributed by atoms with E-state index in [1.54, 1.807) is 17.2 Å². The maximum Gasteiger partial charge on any atom is 0.281 e. The summed E-state index contributed by atoms with van der Waals surface area (Å²) in [4.78, 5) is 5.51. The summed E-state index contributed by atoms with van der Waals surface area (Å²) in [5.74, 6) is -2.29. The van der Waals surface area contributed by atoms with Crippen molar-refractivity contribution >= 4 is 28.3 Å². The van der Waals surface area contributed by atoms with Gasteiger partial charge in [0.15, 0.2) is 5.82 Å². The summed E-state index contributed by atoms with van der Waals surface area (Å²) in [7, 11) is 1.53. The van der Waals surface area contributed by atoms with Crippen LogP contribution in [0.5, 0.6) is 0 Å². The fourth-order valence-electron chi connectivity index (χ4n) is 2.36. The van der Waals surface area contributed by atoms with Gasteiger partial charge >= 0.3 is 0 Å². The van der Waals surface area contributed by atoms with Gasteiger partial charge in [-0.1, -0.05) is 11.6 Å². The molecule has 1 fully saturated rings. The number of nitrogens with one attached hydrogen (secondary N) is 2. The smallest absolute Gasteiger partial charge is 0.281 e. The van der Waals surface area contributed by atoms with Crippen molar-refractivity contribution in [2.75, 3.05) is 25.0 Å². The average molecular weight is 288 g/mol. The van der Waals surface area contributed by atoms with Crippen LogP contribution >= 0.6 is 11.6 Å². The van der Waals surface area contributed by atoms with Crippen LogP contribution < -0.4 is 10.2 Å². The summed E-state index contributed by atoms with van der Waals surface area (Å²) in [6.45, 7) is -0.160. The number of halogens is 3. The van der Waals surface area contributed by atoms with Crippen molar-refractivity contribution in [1.29, 1.82) is 0 Å². The third-order valence-electron chi connectivity index (χ3n) is 3.36. The van der Waals surface area contributed by atoms with E-state index in [4.69, 9.17) is 11.6 Å². The van der Waals surface area contributed by atoms with Crippen molar-refractivity contribution in [3.8, 4) is 0 Å². The zero-order chi connectivity index (χ0) is 13.6. The Morgan fingerprint density at radius 2 is 2.37 bits per heavy atom. The molecule has 0 bridgehead atoms. The van der Waals surface area contributed by atoms with Gasteiger partial charge in [0, 0.05) is 18.8 Å². The van der Waals surface area contributed by atoms with Crippen LogP contribution in [0.1, 0.15) is 0 Å². The number of alkyl halides is 2. The molecule has 3 rings (SSSR count). The number of fused-ring (bicyclic) bond motifs is 1. The third kappa shape index (κ3) is 2.02. The fraction of sp³-hybridized carbons (Fsp3) is 0.455. The van der Waals surface area contributed by atoms with Gasteiger partial charge in [-0.3, -0.25) is 5.10 Å². The number of nitrogens with zero attached hydrogens (tertiary/aromatic N) is 3. The standard InChI is InChI=1S/C11H12ClF2N5/c1-15-8-4-19(5-11(8,13)14)10-6-3-16-9(12)2-7(6)17-18-10/h2-3,8,15H,4-5H2,1H3,(H,17,18). The first-order chi connectivity index (χ1) is 9.01. The van der Waals surface area contributed by atoms with Gasteiger partial charge in [-0.05, 0) is 7.05 Å². The number of pyridine rings is 1. The minimum Gasteiger partial charge on any atom is -0.347 e. The summed E-state index contributed by atoms with van der Waals surface area (Å²) in [5.41, 5.74) is 0.686. The number of rotatable bonds is 2. The minimum absolute atomic E-state index is 0.200. The third-order valence-corrected chi connectivity index (χ3v) is 3.56. The molecule has 2 N–H and O–H groups in total. The lowest BCUT2D eigenvalue weighted by Gasteiger charge is -2.15. The SMILES string of the molecule is CNC1CN(c2n[nH]c3cc(Cl)ncc23)CC1(F)F. The monoisotopic (exact) mass is 287 g/mol. The van der Waals surface area contributed by atoms with Crippen LogP contribution in [0.15, 0.2) is 12.3 Å². The second-order valence-corrected chi connectivity index (χ2v) is 4.97. The highest BCUT2D eigenvalue weighted by Gasteiger charge is 2.48. The minimum atomic E-state index is -2.78. The molecular weight excluding hydrogens is 276 g/mol. The Labute approximate surface area is 112 Å². The van der Waals surface area contributed by atoms with Crippen LogP contribution in [0.25, 0.3) is 10.9 Å². The number of H-pyrrole nitrogens is 1. The second kappa shape index (κ2) is 4.28. The predicted molar refractivity (Wildman–Crippen MR) is 68.9 cm³/mol. The molecule has 0 spiro atoms. The molecule has 2 aromatic heterocycles. The number of hydrogen-bond donors (Lipinski definition) is 2. The van der Waals surface area contributed by atoms with E-state index in [2.05, 4.69) is 20.5 Å². The summed E-state index contributed by atoms with van der Waals surface area (Å²) in [5, 5.41) is 10.5. The summed E-state index contributed by atoms with van der Waals surface area (Å²) in [6.07, 6.45) is 1.54. The molecule has 5 nitrogen and oxygen atoms in total. The number of hydrogen-bond acceptors (Lipinski definition) is 4. The predicted octanol–water partition coefficient (Wildman–Crippen LogP) is 1.65. The molecule has 0 saturated carbocycles. The van der Waals surface area contributed by atoms with Crippen LogP contribution in [0, 0.1) is 0 Å². The molecule has 3 heterocycles. The summed E-state index contributed by atoms with van der Waals surface area (Å²) in [6, 6.07) is 0.747. The van der Waals surface area contributed by atoms with E-state index < -0.39 is 12.0 Å². The molecule has 0 radical (unpaired) electrons. The molecular formula is C11H12ClF2N5. The maximum absolute atomic E-state index is 13.7. The molecule has 19 heavy (non-hydrogen) atoms. The van der Waals surface area contributed by atoms with Gasteiger partial charge in [0.2, 0.25) is 0 Å². The van der Waals surface area contributed by atoms with E-state index in [-0.39, 0.29) is 13.1 Å². The van der Waals surface area contributed by atoms with Crippen molar-refractivity contribution in [2.24, 2.45) is 0 Å². The van der Waals surface area contributed by atoms with E-state index in [1.807, 2.05) is 0 Å². The number of aromatic nitrogens is 3. The Kier molecular flexibility index (Phi) is 2.83. The highest BCUT2D eigenvalue weighted by molar-refractivity contribution is 6.30. The van der Waals surface area contributed by atoms with Gasteiger partial charge in [0.1, 0.15) is 5.15 Å². The first-order valence-corrected chi connectivity index (χ1v) is 6.19. The van der Waals surface area contributed by atoms with Gasteiger partial charge in [0.25, 0.3) is 5.92 Å². The fourth-order valence-corrected chi connectivity index (χ4v) is 2.52. The molecule has 2 aromatic rings. The molecule has 1 unspecified atom stereocenters. The largest absolute Gasteiger partial charge is 0.347 e. The highest BCUT2D eigenvalue weighted by Crippen LogP contribution is 2.33. The maximum atomic E-state index is 13.7. The normalized spacial score (nSPS) is 22.3. The Morgan fingerprint density at radius 1 is 1.58 bits per heavy atom. The van der Waals surface area contributed by atoms with Gasteiger partial charge in [0.05, 0.1) is 23.5 Å². The molecule has 0 aromatic carbocycles. The van der Waals surface area contributed by atoms with E-state index >= 15 is 0 Å². The first-order valence-electron chi connectivity index (χ1n) is 5.81. The van der Waals surface area contributed by atoms with Crippen molar-refractivity contribution in [2.45, 2.75) is 12.0 Å². The van der Waals surface area contributed by atoms with Crippen LogP contribution in [0.2, 0.25) is 5.15 Å². The zero-order valence-corrected chi connectivity index (χ0v) is 10.9. The second-order valence-electron chi connectivity index (χ2n) is 4.58.